The molecule has 0 atom stereocenters. The maximum atomic E-state index is 13.6. The minimum absolute atomic E-state index is 0.0338. The SMILES string of the molecule is COc1cc(O)cc(C)c1C(=O)Oc1c(C)c(C)c(C(=O)Oc2cc(C)c(C(=O)Oc3c(C)c(C)c(C(=O)O)c(C)c3C)c(C)c2C)c(O)c1Cl. The lowest BCUT2D eigenvalue weighted by atomic mass is 9.93. The second-order valence-corrected chi connectivity index (χ2v) is 12.8. The fourth-order valence-electron chi connectivity index (χ4n) is 6.10. The molecule has 11 nitrogen and oxygen atoms in total. The number of halogens is 1. The number of carboxylic acid groups (broad SMARTS) is 1. The third-order valence-corrected chi connectivity index (χ3v) is 9.80. The molecule has 0 aromatic heterocycles. The van der Waals surface area contributed by atoms with Crippen molar-refractivity contribution in [2.75, 3.05) is 7.11 Å². The van der Waals surface area contributed by atoms with E-state index in [4.69, 9.17) is 30.5 Å². The van der Waals surface area contributed by atoms with Crippen molar-refractivity contribution in [1.29, 1.82) is 0 Å². The Morgan fingerprint density at radius 1 is 0.529 bits per heavy atom. The fourth-order valence-corrected chi connectivity index (χ4v) is 6.38. The Morgan fingerprint density at radius 2 is 0.980 bits per heavy atom. The molecule has 0 aliphatic heterocycles. The van der Waals surface area contributed by atoms with E-state index in [-0.39, 0.29) is 62.1 Å². The van der Waals surface area contributed by atoms with Crippen LogP contribution in [-0.4, -0.2) is 46.3 Å². The van der Waals surface area contributed by atoms with Crippen LogP contribution in [0.3, 0.4) is 0 Å². The summed E-state index contributed by atoms with van der Waals surface area (Å²) in [6.07, 6.45) is 0. The third-order valence-electron chi connectivity index (χ3n) is 9.45. The topological polar surface area (TPSA) is 166 Å². The van der Waals surface area contributed by atoms with Crippen molar-refractivity contribution in [2.24, 2.45) is 0 Å². The molecule has 268 valence electrons. The van der Waals surface area contributed by atoms with Gasteiger partial charge in [0.1, 0.15) is 39.1 Å². The second-order valence-electron chi connectivity index (χ2n) is 12.5. The van der Waals surface area contributed by atoms with Crippen LogP contribution in [0.1, 0.15) is 97.1 Å². The second kappa shape index (κ2) is 14.4. The molecule has 12 heteroatoms. The molecule has 4 aromatic rings. The first-order valence-electron chi connectivity index (χ1n) is 15.7. The highest BCUT2D eigenvalue weighted by Gasteiger charge is 2.30. The van der Waals surface area contributed by atoms with Crippen molar-refractivity contribution in [3.63, 3.8) is 0 Å². The Bertz CT molecular complexity index is 2120. The number of hydrogen-bond donors (Lipinski definition) is 3. The lowest BCUT2D eigenvalue weighted by Crippen LogP contribution is -2.18. The maximum absolute atomic E-state index is 13.6. The molecular weight excluding hydrogens is 680 g/mol. The normalized spacial score (nSPS) is 10.9. The van der Waals surface area contributed by atoms with Crippen molar-refractivity contribution < 1.29 is 53.4 Å². The van der Waals surface area contributed by atoms with Gasteiger partial charge in [0.25, 0.3) is 0 Å². The van der Waals surface area contributed by atoms with E-state index >= 15 is 0 Å². The van der Waals surface area contributed by atoms with Crippen LogP contribution in [0.15, 0.2) is 18.2 Å². The number of phenols is 2. The van der Waals surface area contributed by atoms with Gasteiger partial charge in [0, 0.05) is 6.07 Å². The molecule has 0 amide bonds. The molecule has 0 aliphatic rings. The molecule has 0 saturated heterocycles. The smallest absolute Gasteiger partial charge is 0.347 e. The van der Waals surface area contributed by atoms with Gasteiger partial charge in [-0.25, -0.2) is 19.2 Å². The Labute approximate surface area is 300 Å². The van der Waals surface area contributed by atoms with E-state index in [9.17, 15) is 34.5 Å². The summed E-state index contributed by atoms with van der Waals surface area (Å²) in [6, 6.07) is 4.12. The van der Waals surface area contributed by atoms with Gasteiger partial charge >= 0.3 is 23.9 Å². The zero-order chi connectivity index (χ0) is 38.4. The first kappa shape index (κ1) is 38.3. The highest BCUT2D eigenvalue weighted by atomic mass is 35.5. The van der Waals surface area contributed by atoms with Gasteiger partial charge in [0.15, 0.2) is 11.5 Å². The molecule has 0 bridgehead atoms. The quantitative estimate of drug-likeness (QED) is 0.119. The highest BCUT2D eigenvalue weighted by molar-refractivity contribution is 6.34. The van der Waals surface area contributed by atoms with E-state index in [1.165, 1.54) is 32.2 Å². The van der Waals surface area contributed by atoms with Crippen molar-refractivity contribution >= 4 is 35.5 Å². The summed E-state index contributed by atoms with van der Waals surface area (Å²) in [6.45, 7) is 16.4. The minimum Gasteiger partial charge on any atom is -0.508 e. The number of carbonyl (C=O) groups excluding carboxylic acids is 3. The average molecular weight is 719 g/mol. The average Bonchev–Trinajstić information content (AvgIpc) is 3.05. The molecule has 0 saturated carbocycles. The van der Waals surface area contributed by atoms with Crippen molar-refractivity contribution in [1.82, 2.24) is 0 Å². The van der Waals surface area contributed by atoms with Gasteiger partial charge < -0.3 is 34.3 Å². The number of carboxylic acids is 1. The van der Waals surface area contributed by atoms with E-state index in [0.717, 1.165) is 0 Å². The summed E-state index contributed by atoms with van der Waals surface area (Å²) in [5.41, 5.74) is 4.49. The number of aryl methyl sites for hydroxylation is 2. The number of esters is 3. The number of methoxy groups -OCH3 is 1. The number of hydrogen-bond acceptors (Lipinski definition) is 10. The Kier molecular flexibility index (Phi) is 10.8. The molecule has 0 spiro atoms. The Hall–Kier alpha value is -5.55. The number of rotatable bonds is 8. The minimum atomic E-state index is -1.07. The number of carbonyl (C=O) groups is 4. The summed E-state index contributed by atoms with van der Waals surface area (Å²) in [5, 5.41) is 30.3. The van der Waals surface area contributed by atoms with Gasteiger partial charge in [-0.15, -0.1) is 0 Å². The van der Waals surface area contributed by atoms with Crippen LogP contribution in [0.5, 0.6) is 34.5 Å². The molecule has 0 heterocycles. The van der Waals surface area contributed by atoms with E-state index in [1.807, 2.05) is 0 Å². The van der Waals surface area contributed by atoms with Crippen molar-refractivity contribution in [3.05, 3.63) is 101 Å². The Morgan fingerprint density at radius 3 is 1.53 bits per heavy atom. The van der Waals surface area contributed by atoms with Crippen LogP contribution in [0.25, 0.3) is 0 Å². The number of aromatic carboxylic acids is 1. The molecule has 3 N–H and O–H groups in total. The monoisotopic (exact) mass is 718 g/mol. The van der Waals surface area contributed by atoms with Crippen molar-refractivity contribution in [3.8, 4) is 34.5 Å². The lowest BCUT2D eigenvalue weighted by molar-refractivity contribution is 0.0689. The van der Waals surface area contributed by atoms with Crippen molar-refractivity contribution in [2.45, 2.75) is 69.2 Å². The summed E-state index contributed by atoms with van der Waals surface area (Å²) < 4.78 is 22.5. The van der Waals surface area contributed by atoms with Gasteiger partial charge in [-0.1, -0.05) is 11.6 Å². The molecule has 0 aliphatic carbocycles. The van der Waals surface area contributed by atoms with E-state index in [2.05, 4.69) is 0 Å². The van der Waals surface area contributed by atoms with Crippen LogP contribution in [0.4, 0.5) is 0 Å². The zero-order valence-electron chi connectivity index (χ0n) is 30.2. The third kappa shape index (κ3) is 6.81. The van der Waals surface area contributed by atoms with Crippen LogP contribution in [0.2, 0.25) is 5.02 Å². The van der Waals surface area contributed by atoms with Gasteiger partial charge in [-0.05, 0) is 137 Å². The molecule has 0 fully saturated rings. The predicted octanol–water partition coefficient (Wildman–Crippen LogP) is 8.20. The first-order chi connectivity index (χ1) is 23.7. The Balaban J connectivity index is 1.66. The summed E-state index contributed by atoms with van der Waals surface area (Å²) in [5.74, 6) is -4.04. The van der Waals surface area contributed by atoms with Crippen LogP contribution < -0.4 is 18.9 Å². The maximum Gasteiger partial charge on any atom is 0.347 e. The number of phenolic OH excluding ortho intramolecular Hbond substituents is 2. The number of aromatic hydroxyl groups is 2. The molecule has 4 aromatic carbocycles. The van der Waals surface area contributed by atoms with E-state index in [1.54, 1.807) is 62.3 Å². The largest absolute Gasteiger partial charge is 0.508 e. The predicted molar refractivity (Wildman–Crippen MR) is 190 cm³/mol. The molecule has 0 radical (unpaired) electrons. The first-order valence-corrected chi connectivity index (χ1v) is 16.1. The van der Waals surface area contributed by atoms with Gasteiger partial charge in [0.2, 0.25) is 0 Å². The number of ether oxygens (including phenoxy) is 4. The van der Waals surface area contributed by atoms with E-state index in [0.29, 0.717) is 44.5 Å². The summed E-state index contributed by atoms with van der Waals surface area (Å²) in [4.78, 5) is 52.3. The standard InChI is InChI=1S/C39H39ClO11/c1-15-12-25(41)14-27(48-11)29(15)38(46)51-35-24(10)21(7)31(33(42)32(35)40)39(47)49-26-13-16(2)28(18(4)17(26)3)37(45)50-34-22(8)19(5)30(36(43)44)20(6)23(34)9/h12-14,41-42H,1-11H3,(H,43,44). The summed E-state index contributed by atoms with van der Waals surface area (Å²) in [7, 11) is 1.33. The lowest BCUT2D eigenvalue weighted by Gasteiger charge is -2.20. The van der Waals surface area contributed by atoms with E-state index < -0.39 is 34.6 Å². The van der Waals surface area contributed by atoms with Gasteiger partial charge in [-0.3, -0.25) is 0 Å². The van der Waals surface area contributed by atoms with Gasteiger partial charge in [-0.2, -0.15) is 0 Å². The van der Waals surface area contributed by atoms with Crippen LogP contribution in [0, 0.1) is 69.2 Å². The summed E-state index contributed by atoms with van der Waals surface area (Å²) >= 11 is 6.48. The van der Waals surface area contributed by atoms with Crippen LogP contribution >= 0.6 is 11.6 Å². The highest BCUT2D eigenvalue weighted by Crippen LogP contribution is 2.43. The molecule has 0 unspecified atom stereocenters. The molecular formula is C39H39ClO11. The molecule has 51 heavy (non-hydrogen) atoms. The van der Waals surface area contributed by atoms with Crippen LogP contribution in [-0.2, 0) is 0 Å². The number of benzene rings is 4. The van der Waals surface area contributed by atoms with Gasteiger partial charge in [0.05, 0.1) is 18.2 Å². The molecule has 4 rings (SSSR count). The zero-order valence-corrected chi connectivity index (χ0v) is 31.0. The fraction of sp³-hybridized carbons (Fsp3) is 0.282.